The summed E-state index contributed by atoms with van der Waals surface area (Å²) >= 11 is 0. The number of pyridine rings is 1. The van der Waals surface area contributed by atoms with Gasteiger partial charge in [0.2, 0.25) is 0 Å². The van der Waals surface area contributed by atoms with Gasteiger partial charge in [0.05, 0.1) is 23.3 Å². The molecular formula is C14H17FN4O. The van der Waals surface area contributed by atoms with Gasteiger partial charge in [0, 0.05) is 26.2 Å². The first-order valence-corrected chi connectivity index (χ1v) is 6.59. The molecular weight excluding hydrogens is 259 g/mol. The molecule has 20 heavy (non-hydrogen) atoms. The quantitative estimate of drug-likeness (QED) is 0.925. The molecule has 0 atom stereocenters. The molecule has 0 aromatic carbocycles. The molecule has 0 radical (unpaired) electrons. The monoisotopic (exact) mass is 276 g/mol. The molecule has 106 valence electrons. The van der Waals surface area contributed by atoms with Gasteiger partial charge in [0.15, 0.2) is 11.6 Å². The van der Waals surface area contributed by atoms with E-state index < -0.39 is 5.82 Å². The van der Waals surface area contributed by atoms with Gasteiger partial charge in [-0.15, -0.1) is 0 Å². The third-order valence-electron chi connectivity index (χ3n) is 3.62. The van der Waals surface area contributed by atoms with Crippen LogP contribution in [0.4, 0.5) is 4.39 Å². The van der Waals surface area contributed by atoms with Crippen LogP contribution in [0.2, 0.25) is 0 Å². The van der Waals surface area contributed by atoms with Crippen molar-refractivity contribution in [1.29, 1.82) is 0 Å². The van der Waals surface area contributed by atoms with Crippen LogP contribution in [-0.4, -0.2) is 34.0 Å². The van der Waals surface area contributed by atoms with Crippen molar-refractivity contribution in [2.75, 3.05) is 13.1 Å². The SMILES string of the molecule is Cc1nn(C)c(-c2cc(OC3CNC3)c(F)cn2)c1C. The molecule has 1 aliphatic rings. The minimum atomic E-state index is -0.433. The van der Waals surface area contributed by atoms with E-state index in [1.54, 1.807) is 10.7 Å². The standard InChI is InChI=1S/C14H17FN4O/c1-8-9(2)18-19(3)14(8)12-4-13(11(15)7-17-12)20-10-5-16-6-10/h4,7,10,16H,5-6H2,1-3H3. The highest BCUT2D eigenvalue weighted by molar-refractivity contribution is 5.61. The van der Waals surface area contributed by atoms with Crippen molar-refractivity contribution in [2.45, 2.75) is 20.0 Å². The van der Waals surface area contributed by atoms with E-state index in [1.165, 1.54) is 6.20 Å². The summed E-state index contributed by atoms with van der Waals surface area (Å²) in [6.07, 6.45) is 1.24. The highest BCUT2D eigenvalue weighted by Crippen LogP contribution is 2.28. The molecule has 0 aliphatic carbocycles. The normalized spacial score (nSPS) is 15.2. The molecule has 1 fully saturated rings. The van der Waals surface area contributed by atoms with Crippen LogP contribution >= 0.6 is 0 Å². The number of hydrogen-bond acceptors (Lipinski definition) is 4. The van der Waals surface area contributed by atoms with Crippen LogP contribution in [0.1, 0.15) is 11.3 Å². The van der Waals surface area contributed by atoms with Crippen LogP contribution in [0.25, 0.3) is 11.4 Å². The molecule has 1 aliphatic heterocycles. The molecule has 0 bridgehead atoms. The summed E-state index contributed by atoms with van der Waals surface area (Å²) in [6.45, 7) is 5.43. The van der Waals surface area contributed by atoms with Gasteiger partial charge < -0.3 is 10.1 Å². The number of nitrogens with zero attached hydrogens (tertiary/aromatic N) is 3. The van der Waals surface area contributed by atoms with Crippen LogP contribution in [0.5, 0.6) is 5.75 Å². The molecule has 0 saturated carbocycles. The molecule has 3 rings (SSSR count). The van der Waals surface area contributed by atoms with Crippen molar-refractivity contribution in [3.63, 3.8) is 0 Å². The molecule has 0 spiro atoms. The second-order valence-electron chi connectivity index (χ2n) is 5.08. The van der Waals surface area contributed by atoms with Crippen LogP contribution in [0.3, 0.4) is 0 Å². The second-order valence-corrected chi connectivity index (χ2v) is 5.08. The van der Waals surface area contributed by atoms with Gasteiger partial charge >= 0.3 is 0 Å². The highest BCUT2D eigenvalue weighted by atomic mass is 19.1. The van der Waals surface area contributed by atoms with Crippen LogP contribution in [0.15, 0.2) is 12.3 Å². The van der Waals surface area contributed by atoms with Crippen molar-refractivity contribution >= 4 is 0 Å². The summed E-state index contributed by atoms with van der Waals surface area (Å²) in [5.41, 5.74) is 3.55. The zero-order chi connectivity index (χ0) is 14.3. The number of rotatable bonds is 3. The highest BCUT2D eigenvalue weighted by Gasteiger charge is 2.21. The Morgan fingerprint density at radius 1 is 1.40 bits per heavy atom. The fourth-order valence-electron chi connectivity index (χ4n) is 2.29. The Bertz CT molecular complexity index is 649. The summed E-state index contributed by atoms with van der Waals surface area (Å²) in [5, 5.41) is 7.45. The van der Waals surface area contributed by atoms with E-state index in [0.29, 0.717) is 5.69 Å². The van der Waals surface area contributed by atoms with Crippen LogP contribution in [0, 0.1) is 19.7 Å². The average molecular weight is 276 g/mol. The number of aryl methyl sites for hydroxylation is 2. The Morgan fingerprint density at radius 2 is 2.15 bits per heavy atom. The maximum atomic E-state index is 13.8. The Balaban J connectivity index is 1.99. The van der Waals surface area contributed by atoms with Crippen LogP contribution in [-0.2, 0) is 7.05 Å². The summed E-state index contributed by atoms with van der Waals surface area (Å²) in [5.74, 6) is -0.183. The average Bonchev–Trinajstić information content (AvgIpc) is 2.61. The molecule has 0 unspecified atom stereocenters. The van der Waals surface area contributed by atoms with E-state index in [2.05, 4.69) is 15.4 Å². The molecule has 5 nitrogen and oxygen atoms in total. The van der Waals surface area contributed by atoms with Crippen molar-refractivity contribution in [2.24, 2.45) is 7.05 Å². The fraction of sp³-hybridized carbons (Fsp3) is 0.429. The van der Waals surface area contributed by atoms with E-state index in [4.69, 9.17) is 4.74 Å². The predicted octanol–water partition coefficient (Wildman–Crippen LogP) is 1.59. The largest absolute Gasteiger partial charge is 0.485 e. The first-order chi connectivity index (χ1) is 9.56. The van der Waals surface area contributed by atoms with Gasteiger partial charge in [-0.1, -0.05) is 0 Å². The number of ether oxygens (including phenoxy) is 1. The van der Waals surface area contributed by atoms with E-state index in [-0.39, 0.29) is 11.9 Å². The Kier molecular flexibility index (Phi) is 3.17. The Morgan fingerprint density at radius 3 is 2.70 bits per heavy atom. The lowest BCUT2D eigenvalue weighted by molar-refractivity contribution is 0.136. The van der Waals surface area contributed by atoms with Crippen molar-refractivity contribution in [1.82, 2.24) is 20.1 Å². The maximum absolute atomic E-state index is 13.8. The minimum absolute atomic E-state index is 0.0362. The number of hydrogen-bond donors (Lipinski definition) is 1. The van der Waals surface area contributed by atoms with Crippen molar-refractivity contribution < 1.29 is 9.13 Å². The second kappa shape index (κ2) is 4.86. The predicted molar refractivity (Wildman–Crippen MR) is 73.2 cm³/mol. The smallest absolute Gasteiger partial charge is 0.183 e. The Hall–Kier alpha value is -1.95. The third kappa shape index (κ3) is 2.16. The van der Waals surface area contributed by atoms with E-state index in [1.807, 2.05) is 20.9 Å². The van der Waals surface area contributed by atoms with Gasteiger partial charge in [0.1, 0.15) is 6.10 Å². The summed E-state index contributed by atoms with van der Waals surface area (Å²) < 4.78 is 21.2. The molecule has 1 saturated heterocycles. The molecule has 1 N–H and O–H groups in total. The number of aromatic nitrogens is 3. The minimum Gasteiger partial charge on any atom is -0.485 e. The lowest BCUT2D eigenvalue weighted by Gasteiger charge is -2.28. The summed E-state index contributed by atoms with van der Waals surface area (Å²) in [6, 6.07) is 1.65. The van der Waals surface area contributed by atoms with E-state index in [0.717, 1.165) is 30.0 Å². The van der Waals surface area contributed by atoms with E-state index >= 15 is 0 Å². The lowest BCUT2D eigenvalue weighted by Crippen LogP contribution is -2.50. The first-order valence-electron chi connectivity index (χ1n) is 6.59. The van der Waals surface area contributed by atoms with Gasteiger partial charge in [-0.2, -0.15) is 5.10 Å². The van der Waals surface area contributed by atoms with Crippen molar-refractivity contribution in [3.8, 4) is 17.1 Å². The first kappa shape index (κ1) is 13.1. The van der Waals surface area contributed by atoms with Gasteiger partial charge in [-0.3, -0.25) is 9.67 Å². The van der Waals surface area contributed by atoms with Gasteiger partial charge in [0.25, 0.3) is 0 Å². The zero-order valence-corrected chi connectivity index (χ0v) is 11.8. The summed E-state index contributed by atoms with van der Waals surface area (Å²) in [7, 11) is 1.86. The lowest BCUT2D eigenvalue weighted by atomic mass is 10.1. The number of nitrogens with one attached hydrogen (secondary N) is 1. The molecule has 0 amide bonds. The Labute approximate surface area is 116 Å². The molecule has 3 heterocycles. The fourth-order valence-corrected chi connectivity index (χ4v) is 2.29. The summed E-state index contributed by atoms with van der Waals surface area (Å²) in [4.78, 5) is 4.16. The van der Waals surface area contributed by atoms with Gasteiger partial charge in [-0.05, 0) is 19.4 Å². The van der Waals surface area contributed by atoms with Gasteiger partial charge in [-0.25, -0.2) is 4.39 Å². The van der Waals surface area contributed by atoms with Crippen LogP contribution < -0.4 is 10.1 Å². The number of halogens is 1. The molecule has 2 aromatic rings. The third-order valence-corrected chi connectivity index (χ3v) is 3.62. The molecule has 2 aromatic heterocycles. The van der Waals surface area contributed by atoms with Crippen molar-refractivity contribution in [3.05, 3.63) is 29.3 Å². The molecule has 6 heteroatoms. The van der Waals surface area contributed by atoms with E-state index in [9.17, 15) is 4.39 Å². The zero-order valence-electron chi connectivity index (χ0n) is 11.8. The maximum Gasteiger partial charge on any atom is 0.183 e. The topological polar surface area (TPSA) is 52.0 Å².